The average Bonchev–Trinajstić information content (AvgIpc) is 3.38. The lowest BCUT2D eigenvalue weighted by Crippen LogP contribution is -2.27. The summed E-state index contributed by atoms with van der Waals surface area (Å²) in [6.45, 7) is 1.42. The summed E-state index contributed by atoms with van der Waals surface area (Å²) in [4.78, 5) is 29.6. The number of nitrogens with one attached hydrogen (secondary N) is 1. The minimum absolute atomic E-state index is 0.155. The molecule has 1 N–H and O–H groups in total. The first-order valence-corrected chi connectivity index (χ1v) is 7.76. The van der Waals surface area contributed by atoms with Crippen LogP contribution in [0.1, 0.15) is 40.5 Å². The molecule has 6 heteroatoms. The fourth-order valence-corrected chi connectivity index (χ4v) is 2.42. The van der Waals surface area contributed by atoms with Gasteiger partial charge in [-0.2, -0.15) is 0 Å². The van der Waals surface area contributed by atoms with Crippen LogP contribution in [0, 0.1) is 5.82 Å². The van der Waals surface area contributed by atoms with Crippen molar-refractivity contribution in [3.8, 4) is 0 Å². The number of nitrogens with zero attached hydrogens (tertiary/aromatic N) is 2. The van der Waals surface area contributed by atoms with Gasteiger partial charge in [-0.25, -0.2) is 4.39 Å². The van der Waals surface area contributed by atoms with Crippen LogP contribution in [-0.4, -0.2) is 29.8 Å². The first kappa shape index (κ1) is 16.1. The molecule has 0 bridgehead atoms. The molecule has 1 heterocycles. The fraction of sp³-hybridized carbons (Fsp3) is 0.278. The zero-order chi connectivity index (χ0) is 17.3. The van der Waals surface area contributed by atoms with Crippen molar-refractivity contribution in [3.05, 3.63) is 53.6 Å². The third kappa shape index (κ3) is 3.42. The van der Waals surface area contributed by atoms with Gasteiger partial charge < -0.3 is 10.2 Å². The van der Waals surface area contributed by atoms with E-state index in [0.29, 0.717) is 28.5 Å². The first-order valence-electron chi connectivity index (χ1n) is 7.76. The van der Waals surface area contributed by atoms with Gasteiger partial charge in [-0.3, -0.25) is 14.6 Å². The van der Waals surface area contributed by atoms with Crippen molar-refractivity contribution in [1.29, 1.82) is 0 Å². The van der Waals surface area contributed by atoms with Crippen molar-refractivity contribution in [2.24, 2.45) is 0 Å². The third-order valence-corrected chi connectivity index (χ3v) is 3.95. The van der Waals surface area contributed by atoms with Gasteiger partial charge in [0.1, 0.15) is 5.82 Å². The summed E-state index contributed by atoms with van der Waals surface area (Å²) in [6, 6.07) is 6.13. The number of amides is 1. The molecule has 1 aliphatic carbocycles. The summed E-state index contributed by atoms with van der Waals surface area (Å²) in [6.07, 6.45) is 4.93. The number of ketones is 1. The molecule has 124 valence electrons. The van der Waals surface area contributed by atoms with Gasteiger partial charge in [0.05, 0.1) is 16.9 Å². The van der Waals surface area contributed by atoms with E-state index in [4.69, 9.17) is 0 Å². The molecule has 0 spiro atoms. The van der Waals surface area contributed by atoms with Gasteiger partial charge >= 0.3 is 0 Å². The topological polar surface area (TPSA) is 62.3 Å². The number of hydrogen-bond donors (Lipinski definition) is 1. The van der Waals surface area contributed by atoms with Crippen LogP contribution in [-0.2, 0) is 0 Å². The van der Waals surface area contributed by atoms with E-state index in [0.717, 1.165) is 12.8 Å². The van der Waals surface area contributed by atoms with E-state index in [1.807, 2.05) is 0 Å². The molecule has 0 aliphatic heterocycles. The Morgan fingerprint density at radius 2 is 1.92 bits per heavy atom. The van der Waals surface area contributed by atoms with Gasteiger partial charge in [0.15, 0.2) is 5.78 Å². The number of carbonyl (C=O) groups is 2. The number of halogens is 1. The molecule has 0 unspecified atom stereocenters. The van der Waals surface area contributed by atoms with Crippen molar-refractivity contribution < 1.29 is 14.0 Å². The summed E-state index contributed by atoms with van der Waals surface area (Å²) in [5, 5.41) is 3.24. The van der Waals surface area contributed by atoms with Gasteiger partial charge in [-0.1, -0.05) is 0 Å². The Morgan fingerprint density at radius 1 is 1.21 bits per heavy atom. The number of hydrogen-bond acceptors (Lipinski definition) is 4. The summed E-state index contributed by atoms with van der Waals surface area (Å²) < 4.78 is 13.6. The van der Waals surface area contributed by atoms with Crippen molar-refractivity contribution in [3.63, 3.8) is 0 Å². The Labute approximate surface area is 139 Å². The number of anilines is 2. The van der Waals surface area contributed by atoms with Crippen LogP contribution < -0.4 is 10.2 Å². The van der Waals surface area contributed by atoms with Crippen molar-refractivity contribution in [1.82, 2.24) is 4.98 Å². The van der Waals surface area contributed by atoms with Crippen LogP contribution in [0.2, 0.25) is 0 Å². The molecule has 24 heavy (non-hydrogen) atoms. The lowest BCUT2D eigenvalue weighted by atomic mass is 10.1. The molecular formula is C18H18FN3O2. The second kappa shape index (κ2) is 6.39. The van der Waals surface area contributed by atoms with Crippen LogP contribution >= 0.6 is 0 Å². The summed E-state index contributed by atoms with van der Waals surface area (Å²) in [5.74, 6) is -0.822. The van der Waals surface area contributed by atoms with Crippen LogP contribution in [0.4, 0.5) is 15.8 Å². The highest BCUT2D eigenvalue weighted by atomic mass is 19.1. The van der Waals surface area contributed by atoms with E-state index in [1.54, 1.807) is 13.1 Å². The summed E-state index contributed by atoms with van der Waals surface area (Å²) >= 11 is 0. The zero-order valence-corrected chi connectivity index (χ0v) is 13.5. The molecule has 1 saturated carbocycles. The Morgan fingerprint density at radius 3 is 2.58 bits per heavy atom. The maximum absolute atomic E-state index is 13.6. The Bertz CT molecular complexity index is 803. The minimum Gasteiger partial charge on any atom is -0.381 e. The van der Waals surface area contributed by atoms with Crippen molar-refractivity contribution >= 4 is 23.1 Å². The van der Waals surface area contributed by atoms with E-state index < -0.39 is 0 Å². The monoisotopic (exact) mass is 327 g/mol. The third-order valence-electron chi connectivity index (χ3n) is 3.95. The maximum atomic E-state index is 13.6. The quantitative estimate of drug-likeness (QED) is 0.856. The second-order valence-electron chi connectivity index (χ2n) is 5.96. The standard InChI is InChI=1S/C18H18FN3O2/c1-11(23)12-7-13(10-20-9-12)18(24)22(2)17-6-3-14(19)8-16(17)21-15-4-5-15/h3,6-10,15,21H,4-5H2,1-2H3. The fourth-order valence-electron chi connectivity index (χ4n) is 2.42. The lowest BCUT2D eigenvalue weighted by Gasteiger charge is -2.21. The zero-order valence-electron chi connectivity index (χ0n) is 13.5. The highest BCUT2D eigenvalue weighted by molar-refractivity contribution is 6.08. The molecule has 1 aliphatic rings. The van der Waals surface area contributed by atoms with E-state index in [2.05, 4.69) is 10.3 Å². The molecule has 2 aromatic rings. The molecule has 0 saturated heterocycles. The van der Waals surface area contributed by atoms with E-state index in [-0.39, 0.29) is 17.5 Å². The van der Waals surface area contributed by atoms with Gasteiger partial charge in [-0.05, 0) is 44.0 Å². The number of benzene rings is 1. The number of rotatable bonds is 5. The predicted molar refractivity (Wildman–Crippen MR) is 90.0 cm³/mol. The number of carbonyl (C=O) groups excluding carboxylic acids is 2. The van der Waals surface area contributed by atoms with E-state index in [9.17, 15) is 14.0 Å². The highest BCUT2D eigenvalue weighted by Gasteiger charge is 2.24. The van der Waals surface area contributed by atoms with E-state index in [1.165, 1.54) is 42.4 Å². The first-order chi connectivity index (χ1) is 11.5. The largest absolute Gasteiger partial charge is 0.381 e. The SMILES string of the molecule is CC(=O)c1cncc(C(=O)N(C)c2ccc(F)cc2NC2CC2)c1. The molecule has 0 radical (unpaired) electrons. The van der Waals surface area contributed by atoms with Gasteiger partial charge in [0.2, 0.25) is 0 Å². The minimum atomic E-state index is -0.358. The molecule has 0 atom stereocenters. The molecule has 5 nitrogen and oxygen atoms in total. The van der Waals surface area contributed by atoms with Crippen molar-refractivity contribution in [2.75, 3.05) is 17.3 Å². The smallest absolute Gasteiger partial charge is 0.259 e. The van der Waals surface area contributed by atoms with Crippen molar-refractivity contribution in [2.45, 2.75) is 25.8 Å². The average molecular weight is 327 g/mol. The van der Waals surface area contributed by atoms with Gasteiger partial charge in [0.25, 0.3) is 5.91 Å². The predicted octanol–water partition coefficient (Wildman–Crippen LogP) is 3.27. The molecule has 1 aromatic heterocycles. The van der Waals surface area contributed by atoms with Gasteiger partial charge in [0, 0.05) is 31.0 Å². The van der Waals surface area contributed by atoms with Crippen LogP contribution in [0.3, 0.4) is 0 Å². The molecule has 3 rings (SSSR count). The number of aromatic nitrogens is 1. The van der Waals surface area contributed by atoms with Crippen LogP contribution in [0.25, 0.3) is 0 Å². The van der Waals surface area contributed by atoms with E-state index >= 15 is 0 Å². The molecular weight excluding hydrogens is 309 g/mol. The number of Topliss-reactive ketones (excluding diaryl/α,β-unsaturated/α-hetero) is 1. The molecule has 1 amide bonds. The second-order valence-corrected chi connectivity index (χ2v) is 5.96. The van der Waals surface area contributed by atoms with Gasteiger partial charge in [-0.15, -0.1) is 0 Å². The normalized spacial score (nSPS) is 13.5. The molecule has 1 fully saturated rings. The lowest BCUT2D eigenvalue weighted by molar-refractivity contribution is 0.0992. The Hall–Kier alpha value is -2.76. The Kier molecular flexibility index (Phi) is 4.29. The number of pyridine rings is 1. The molecule has 1 aromatic carbocycles. The summed E-state index contributed by atoms with van der Waals surface area (Å²) in [7, 11) is 1.62. The Balaban J connectivity index is 1.90. The van der Waals surface area contributed by atoms with Crippen LogP contribution in [0.15, 0.2) is 36.7 Å². The summed E-state index contributed by atoms with van der Waals surface area (Å²) in [5.41, 5.74) is 1.86. The maximum Gasteiger partial charge on any atom is 0.259 e. The van der Waals surface area contributed by atoms with Crippen LogP contribution in [0.5, 0.6) is 0 Å². The highest BCUT2D eigenvalue weighted by Crippen LogP contribution is 2.32.